The SMILES string of the molecule is Nc1ncc(Br)nc1N1CC(CS(=O)(=O)F)CC1=O. The molecule has 1 atom stereocenters. The Morgan fingerprint density at radius 1 is 1.58 bits per heavy atom. The normalized spacial score (nSPS) is 20.0. The van der Waals surface area contributed by atoms with Crippen molar-refractivity contribution in [3.63, 3.8) is 0 Å². The fourth-order valence-corrected chi connectivity index (χ4v) is 3.00. The molecule has 1 fully saturated rings. The number of carbonyl (C=O) groups is 1. The molecule has 2 N–H and O–H groups in total. The first-order valence-electron chi connectivity index (χ1n) is 5.27. The average molecular weight is 353 g/mol. The number of hydrogen-bond donors (Lipinski definition) is 1. The van der Waals surface area contributed by atoms with Crippen LogP contribution in [0.3, 0.4) is 0 Å². The highest BCUT2D eigenvalue weighted by atomic mass is 79.9. The number of amides is 1. The Bertz CT molecular complexity index is 624. The number of rotatable bonds is 3. The third-order valence-electron chi connectivity index (χ3n) is 2.65. The number of hydrogen-bond acceptors (Lipinski definition) is 6. The highest BCUT2D eigenvalue weighted by molar-refractivity contribution is 9.10. The lowest BCUT2D eigenvalue weighted by Gasteiger charge is -2.16. The lowest BCUT2D eigenvalue weighted by Crippen LogP contribution is -2.27. The van der Waals surface area contributed by atoms with Crippen LogP contribution in [-0.4, -0.2) is 36.6 Å². The van der Waals surface area contributed by atoms with Crippen LogP contribution in [0.25, 0.3) is 0 Å². The molecule has 0 bridgehead atoms. The smallest absolute Gasteiger partial charge is 0.302 e. The summed E-state index contributed by atoms with van der Waals surface area (Å²) < 4.78 is 34.2. The summed E-state index contributed by atoms with van der Waals surface area (Å²) in [5, 5.41) is 0. The van der Waals surface area contributed by atoms with E-state index in [1.807, 2.05) is 0 Å². The summed E-state index contributed by atoms with van der Waals surface area (Å²) in [6, 6.07) is 0. The zero-order chi connectivity index (χ0) is 14.2. The minimum absolute atomic E-state index is 0.0529. The van der Waals surface area contributed by atoms with E-state index in [1.165, 1.54) is 11.1 Å². The van der Waals surface area contributed by atoms with E-state index in [1.54, 1.807) is 0 Å². The molecule has 0 aliphatic carbocycles. The molecule has 1 saturated heterocycles. The predicted octanol–water partition coefficient (Wildman–Crippen LogP) is 0.474. The summed E-state index contributed by atoms with van der Waals surface area (Å²) in [7, 11) is -4.61. The van der Waals surface area contributed by atoms with E-state index in [0.29, 0.717) is 4.60 Å². The number of nitrogens with two attached hydrogens (primary N) is 1. The third-order valence-corrected chi connectivity index (χ3v) is 3.90. The van der Waals surface area contributed by atoms with E-state index in [-0.39, 0.29) is 30.5 Å². The van der Waals surface area contributed by atoms with E-state index in [0.717, 1.165) is 0 Å². The second kappa shape index (κ2) is 5.00. The monoisotopic (exact) mass is 352 g/mol. The first kappa shape index (κ1) is 14.1. The van der Waals surface area contributed by atoms with Crippen LogP contribution in [0.2, 0.25) is 0 Å². The molecule has 19 heavy (non-hydrogen) atoms. The Hall–Kier alpha value is -1.29. The molecule has 1 aromatic rings. The maximum atomic E-state index is 12.6. The second-order valence-electron chi connectivity index (χ2n) is 4.18. The van der Waals surface area contributed by atoms with Gasteiger partial charge in [-0.1, -0.05) is 0 Å². The highest BCUT2D eigenvalue weighted by Crippen LogP contribution is 2.28. The molecule has 0 spiro atoms. The van der Waals surface area contributed by atoms with Crippen molar-refractivity contribution in [3.8, 4) is 0 Å². The molecule has 0 saturated carbocycles. The number of carbonyl (C=O) groups excluding carboxylic acids is 1. The quantitative estimate of drug-likeness (QED) is 0.792. The van der Waals surface area contributed by atoms with Crippen molar-refractivity contribution in [2.75, 3.05) is 22.9 Å². The molecule has 10 heteroatoms. The molecular weight excluding hydrogens is 343 g/mol. The molecule has 1 amide bonds. The Morgan fingerprint density at radius 3 is 2.89 bits per heavy atom. The molecule has 1 unspecified atom stereocenters. The molecule has 2 rings (SSSR count). The molecule has 0 aromatic carbocycles. The maximum absolute atomic E-state index is 12.6. The Labute approximate surface area is 117 Å². The standard InChI is InChI=1S/C9H10BrFN4O3S/c10-6-2-13-8(12)9(14-6)15-3-5(1-7(15)16)4-19(11,17)18/h2,5H,1,3-4H2,(H2,12,13). The van der Waals surface area contributed by atoms with Gasteiger partial charge in [0.05, 0.1) is 11.9 Å². The van der Waals surface area contributed by atoms with Gasteiger partial charge in [-0.2, -0.15) is 8.42 Å². The van der Waals surface area contributed by atoms with Gasteiger partial charge in [0.2, 0.25) is 5.91 Å². The molecule has 0 radical (unpaired) electrons. The van der Waals surface area contributed by atoms with Crippen molar-refractivity contribution in [2.45, 2.75) is 6.42 Å². The second-order valence-corrected chi connectivity index (χ2v) is 6.41. The van der Waals surface area contributed by atoms with E-state index in [9.17, 15) is 17.1 Å². The number of anilines is 2. The summed E-state index contributed by atoms with van der Waals surface area (Å²) in [4.78, 5) is 20.9. The van der Waals surface area contributed by atoms with Crippen molar-refractivity contribution in [1.29, 1.82) is 0 Å². The van der Waals surface area contributed by atoms with Gasteiger partial charge in [0.15, 0.2) is 11.6 Å². The summed E-state index contributed by atoms with van der Waals surface area (Å²) in [6.45, 7) is 0.0529. The number of nitrogens with zero attached hydrogens (tertiary/aromatic N) is 3. The zero-order valence-electron chi connectivity index (χ0n) is 9.58. The zero-order valence-corrected chi connectivity index (χ0v) is 12.0. The van der Waals surface area contributed by atoms with Gasteiger partial charge < -0.3 is 5.73 Å². The minimum atomic E-state index is -4.61. The summed E-state index contributed by atoms with van der Waals surface area (Å²) >= 11 is 3.10. The fourth-order valence-electron chi connectivity index (χ4n) is 1.95. The summed E-state index contributed by atoms with van der Waals surface area (Å²) in [6.07, 6.45) is 1.32. The molecule has 1 aliphatic heterocycles. The van der Waals surface area contributed by atoms with Crippen molar-refractivity contribution >= 4 is 43.7 Å². The Kier molecular flexibility index (Phi) is 3.72. The number of halogens is 2. The molecular formula is C9H10BrFN4O3S. The van der Waals surface area contributed by atoms with Gasteiger partial charge in [-0.15, -0.1) is 3.89 Å². The summed E-state index contributed by atoms with van der Waals surface area (Å²) in [5.74, 6) is -1.44. The first-order chi connectivity index (χ1) is 8.76. The van der Waals surface area contributed by atoms with Crippen LogP contribution in [0, 0.1) is 5.92 Å². The van der Waals surface area contributed by atoms with Gasteiger partial charge in [0.25, 0.3) is 0 Å². The van der Waals surface area contributed by atoms with Gasteiger partial charge in [-0.25, -0.2) is 9.97 Å². The van der Waals surface area contributed by atoms with E-state index in [4.69, 9.17) is 5.73 Å². The van der Waals surface area contributed by atoms with Crippen LogP contribution in [-0.2, 0) is 15.0 Å². The van der Waals surface area contributed by atoms with Gasteiger partial charge in [0.1, 0.15) is 4.60 Å². The van der Waals surface area contributed by atoms with Crippen LogP contribution in [0.15, 0.2) is 10.8 Å². The fraction of sp³-hybridized carbons (Fsp3) is 0.444. The largest absolute Gasteiger partial charge is 0.381 e. The number of aromatic nitrogens is 2. The van der Waals surface area contributed by atoms with Gasteiger partial charge in [0, 0.05) is 18.9 Å². The van der Waals surface area contributed by atoms with Crippen LogP contribution < -0.4 is 10.6 Å². The van der Waals surface area contributed by atoms with E-state index >= 15 is 0 Å². The van der Waals surface area contributed by atoms with Gasteiger partial charge in [-0.05, 0) is 15.9 Å². The van der Waals surface area contributed by atoms with Crippen molar-refractivity contribution < 1.29 is 17.1 Å². The van der Waals surface area contributed by atoms with Crippen molar-refractivity contribution in [1.82, 2.24) is 9.97 Å². The van der Waals surface area contributed by atoms with Crippen LogP contribution >= 0.6 is 15.9 Å². The molecule has 104 valence electrons. The highest BCUT2D eigenvalue weighted by Gasteiger charge is 2.35. The lowest BCUT2D eigenvalue weighted by molar-refractivity contribution is -0.117. The van der Waals surface area contributed by atoms with Crippen molar-refractivity contribution in [3.05, 3.63) is 10.8 Å². The van der Waals surface area contributed by atoms with Crippen LogP contribution in [0.5, 0.6) is 0 Å². The van der Waals surface area contributed by atoms with E-state index < -0.39 is 21.9 Å². The first-order valence-corrected chi connectivity index (χ1v) is 7.61. The van der Waals surface area contributed by atoms with E-state index in [2.05, 4.69) is 25.9 Å². The predicted molar refractivity (Wildman–Crippen MR) is 69.5 cm³/mol. The lowest BCUT2D eigenvalue weighted by atomic mass is 10.1. The van der Waals surface area contributed by atoms with Crippen LogP contribution in [0.4, 0.5) is 15.5 Å². The average Bonchev–Trinajstić information content (AvgIpc) is 2.60. The molecule has 1 aliphatic rings. The van der Waals surface area contributed by atoms with Gasteiger partial charge in [-0.3, -0.25) is 9.69 Å². The summed E-state index contributed by atoms with van der Waals surface area (Å²) in [5.41, 5.74) is 5.62. The maximum Gasteiger partial charge on any atom is 0.302 e. The molecule has 2 heterocycles. The van der Waals surface area contributed by atoms with Crippen LogP contribution in [0.1, 0.15) is 6.42 Å². The topological polar surface area (TPSA) is 106 Å². The van der Waals surface area contributed by atoms with Crippen molar-refractivity contribution in [2.24, 2.45) is 5.92 Å². The minimum Gasteiger partial charge on any atom is -0.381 e. The molecule has 7 nitrogen and oxygen atoms in total. The van der Waals surface area contributed by atoms with Gasteiger partial charge >= 0.3 is 10.2 Å². The Balaban J connectivity index is 2.23. The molecule has 1 aromatic heterocycles. The number of nitrogen functional groups attached to an aromatic ring is 1. The third kappa shape index (κ3) is 3.38. The Morgan fingerprint density at radius 2 is 2.26 bits per heavy atom.